The van der Waals surface area contributed by atoms with Gasteiger partial charge in [0.15, 0.2) is 0 Å². The number of hydrogen-bond donors (Lipinski definition) is 2. The molecule has 7 nitrogen and oxygen atoms in total. The third kappa shape index (κ3) is 5.40. The maximum absolute atomic E-state index is 14.5. The average Bonchev–Trinajstić information content (AvgIpc) is 3.11. The van der Waals surface area contributed by atoms with Crippen LogP contribution in [0.1, 0.15) is 5.56 Å². The Hall–Kier alpha value is -3.67. The molecule has 2 aromatic heterocycles. The molecule has 0 bridgehead atoms. The molecular weight excluding hydrogens is 510 g/mol. The molecule has 172 valence electrons. The third-order valence-electron chi connectivity index (χ3n) is 4.48. The lowest BCUT2D eigenvalue weighted by atomic mass is 10.2. The first-order valence-corrected chi connectivity index (χ1v) is 9.19. The summed E-state index contributed by atoms with van der Waals surface area (Å²) in [5, 5.41) is 4.49. The minimum absolute atomic E-state index is 0. The van der Waals surface area contributed by atoms with Gasteiger partial charge in [-0.15, -0.1) is 17.0 Å². The van der Waals surface area contributed by atoms with Gasteiger partial charge in [0, 0.05) is 25.0 Å². The van der Waals surface area contributed by atoms with E-state index in [-0.39, 0.29) is 40.0 Å². The second-order valence-corrected chi connectivity index (χ2v) is 6.74. The van der Waals surface area contributed by atoms with E-state index in [1.807, 2.05) is 0 Å². The number of nitrogens with one attached hydrogen (secondary N) is 2. The summed E-state index contributed by atoms with van der Waals surface area (Å²) in [6.45, 7) is 0. The molecule has 2 aromatic carbocycles. The number of carbonyl (C=O) groups is 1. The SMILES string of the molecule is Br.Cn1ccc2ncnc(Oc3ccc(NC(=O)Nc4cccc(C(F)(F)F)c4)c(F)c3)c21. The van der Waals surface area contributed by atoms with Crippen molar-refractivity contribution in [3.05, 3.63) is 72.4 Å². The molecule has 0 aliphatic heterocycles. The van der Waals surface area contributed by atoms with E-state index in [0.29, 0.717) is 11.0 Å². The molecule has 12 heteroatoms. The highest BCUT2D eigenvalue weighted by atomic mass is 79.9. The van der Waals surface area contributed by atoms with Gasteiger partial charge in [-0.1, -0.05) is 6.07 Å². The number of carbonyl (C=O) groups excluding carboxylic acids is 1. The van der Waals surface area contributed by atoms with Crippen LogP contribution >= 0.6 is 17.0 Å². The molecule has 2 heterocycles. The molecule has 0 fully saturated rings. The molecule has 4 rings (SSSR count). The molecule has 0 aliphatic rings. The fourth-order valence-corrected chi connectivity index (χ4v) is 2.99. The number of anilines is 2. The lowest BCUT2D eigenvalue weighted by Crippen LogP contribution is -2.20. The summed E-state index contributed by atoms with van der Waals surface area (Å²) in [6.07, 6.45) is -1.45. The van der Waals surface area contributed by atoms with Crippen molar-refractivity contribution < 1.29 is 27.1 Å². The third-order valence-corrected chi connectivity index (χ3v) is 4.48. The lowest BCUT2D eigenvalue weighted by Gasteiger charge is -2.12. The van der Waals surface area contributed by atoms with Gasteiger partial charge in [-0.3, -0.25) is 0 Å². The second kappa shape index (κ2) is 9.45. The number of urea groups is 1. The van der Waals surface area contributed by atoms with Crippen molar-refractivity contribution in [1.82, 2.24) is 14.5 Å². The van der Waals surface area contributed by atoms with Gasteiger partial charge >= 0.3 is 12.2 Å². The topological polar surface area (TPSA) is 81.1 Å². The van der Waals surface area contributed by atoms with Crippen molar-refractivity contribution in [2.45, 2.75) is 6.18 Å². The van der Waals surface area contributed by atoms with Gasteiger partial charge in [-0.05, 0) is 36.4 Å². The van der Waals surface area contributed by atoms with Crippen LogP contribution < -0.4 is 15.4 Å². The standard InChI is InChI=1S/C21H15F4N5O2.BrH/c1-30-8-7-17-18(30)19(27-11-26-17)32-14-5-6-16(15(22)10-14)29-20(31)28-13-4-2-3-12(9-13)21(23,24)25;/h2-11H,1H3,(H2,28,29,31);1H. The first-order chi connectivity index (χ1) is 15.2. The summed E-state index contributed by atoms with van der Waals surface area (Å²) in [5.74, 6) is -0.448. The Kier molecular flexibility index (Phi) is 6.86. The highest BCUT2D eigenvalue weighted by Gasteiger charge is 2.30. The van der Waals surface area contributed by atoms with Crippen molar-refractivity contribution in [2.24, 2.45) is 7.05 Å². The Morgan fingerprint density at radius 3 is 2.58 bits per heavy atom. The Balaban J connectivity index is 0.00000306. The van der Waals surface area contributed by atoms with Gasteiger partial charge < -0.3 is 19.9 Å². The molecule has 0 radical (unpaired) electrons. The Labute approximate surface area is 195 Å². The lowest BCUT2D eigenvalue weighted by molar-refractivity contribution is -0.137. The van der Waals surface area contributed by atoms with Crippen molar-refractivity contribution in [1.29, 1.82) is 0 Å². The second-order valence-electron chi connectivity index (χ2n) is 6.74. The van der Waals surface area contributed by atoms with E-state index >= 15 is 0 Å². The molecule has 0 unspecified atom stereocenters. The number of benzene rings is 2. The Bertz CT molecular complexity index is 1310. The number of amides is 2. The van der Waals surface area contributed by atoms with Gasteiger partial charge in [0.1, 0.15) is 23.4 Å². The van der Waals surface area contributed by atoms with Gasteiger partial charge in [0.05, 0.1) is 16.8 Å². The van der Waals surface area contributed by atoms with E-state index in [0.717, 1.165) is 24.3 Å². The molecule has 2 N–H and O–H groups in total. The average molecular weight is 526 g/mol. The Morgan fingerprint density at radius 1 is 1.06 bits per heavy atom. The first kappa shape index (κ1) is 24.0. The van der Waals surface area contributed by atoms with Crippen LogP contribution in [0.2, 0.25) is 0 Å². The number of halogens is 5. The maximum atomic E-state index is 14.5. The van der Waals surface area contributed by atoms with E-state index in [1.165, 1.54) is 24.5 Å². The van der Waals surface area contributed by atoms with Crippen molar-refractivity contribution in [3.8, 4) is 11.6 Å². The normalized spacial score (nSPS) is 11.1. The highest BCUT2D eigenvalue weighted by Crippen LogP contribution is 2.31. The zero-order valence-corrected chi connectivity index (χ0v) is 18.6. The van der Waals surface area contributed by atoms with Crippen molar-refractivity contribution in [3.63, 3.8) is 0 Å². The number of fused-ring (bicyclic) bond motifs is 1. The fourth-order valence-electron chi connectivity index (χ4n) is 2.99. The smallest absolute Gasteiger partial charge is 0.416 e. The summed E-state index contributed by atoms with van der Waals surface area (Å²) in [5.41, 5.74) is 0.0830. The van der Waals surface area contributed by atoms with Crippen LogP contribution in [-0.4, -0.2) is 20.6 Å². The van der Waals surface area contributed by atoms with Crippen LogP contribution in [0.15, 0.2) is 61.1 Å². The molecule has 0 saturated heterocycles. The quantitative estimate of drug-likeness (QED) is 0.313. The van der Waals surface area contributed by atoms with Gasteiger partial charge in [-0.2, -0.15) is 18.2 Å². The number of rotatable bonds is 4. The zero-order valence-electron chi connectivity index (χ0n) is 16.9. The number of nitrogens with zero attached hydrogens (tertiary/aromatic N) is 3. The van der Waals surface area contributed by atoms with E-state index in [9.17, 15) is 22.4 Å². The van der Waals surface area contributed by atoms with E-state index in [1.54, 1.807) is 23.9 Å². The number of aromatic nitrogens is 3. The van der Waals surface area contributed by atoms with Crippen LogP contribution in [0.5, 0.6) is 11.6 Å². The first-order valence-electron chi connectivity index (χ1n) is 9.19. The summed E-state index contributed by atoms with van der Waals surface area (Å²) in [6, 6.07) is 8.70. The summed E-state index contributed by atoms with van der Waals surface area (Å²) in [4.78, 5) is 20.3. The molecule has 0 atom stereocenters. The molecule has 4 aromatic rings. The van der Waals surface area contributed by atoms with E-state index in [2.05, 4.69) is 20.6 Å². The van der Waals surface area contributed by atoms with Crippen LogP contribution in [0.25, 0.3) is 11.0 Å². The van der Waals surface area contributed by atoms with Gasteiger partial charge in [-0.25, -0.2) is 14.2 Å². The predicted octanol–water partition coefficient (Wildman–Crippen LogP) is 6.14. The molecule has 0 spiro atoms. The van der Waals surface area contributed by atoms with E-state index in [4.69, 9.17) is 4.74 Å². The zero-order chi connectivity index (χ0) is 22.9. The number of alkyl halides is 3. The highest BCUT2D eigenvalue weighted by molar-refractivity contribution is 8.93. The van der Waals surface area contributed by atoms with Gasteiger partial charge in [0.25, 0.3) is 0 Å². The maximum Gasteiger partial charge on any atom is 0.416 e. The van der Waals surface area contributed by atoms with Gasteiger partial charge in [0.2, 0.25) is 5.88 Å². The number of hydrogen-bond acceptors (Lipinski definition) is 4. The monoisotopic (exact) mass is 525 g/mol. The minimum Gasteiger partial charge on any atom is -0.437 e. The van der Waals surface area contributed by atoms with Crippen molar-refractivity contribution in [2.75, 3.05) is 10.6 Å². The number of ether oxygens (including phenoxy) is 1. The summed E-state index contributed by atoms with van der Waals surface area (Å²) < 4.78 is 60.3. The molecular formula is C21H16BrF4N5O2. The number of aryl methyl sites for hydroxylation is 1. The minimum atomic E-state index is -4.55. The summed E-state index contributed by atoms with van der Waals surface area (Å²) >= 11 is 0. The fraction of sp³-hybridized carbons (Fsp3) is 0.0952. The molecule has 33 heavy (non-hydrogen) atoms. The Morgan fingerprint density at radius 2 is 1.85 bits per heavy atom. The summed E-state index contributed by atoms with van der Waals surface area (Å²) in [7, 11) is 1.79. The van der Waals surface area contributed by atoms with Crippen LogP contribution in [0.3, 0.4) is 0 Å². The molecule has 0 aliphatic carbocycles. The predicted molar refractivity (Wildman–Crippen MR) is 119 cm³/mol. The van der Waals surface area contributed by atoms with Crippen LogP contribution in [-0.2, 0) is 13.2 Å². The molecule has 0 saturated carbocycles. The van der Waals surface area contributed by atoms with Crippen LogP contribution in [0, 0.1) is 5.82 Å². The largest absolute Gasteiger partial charge is 0.437 e. The van der Waals surface area contributed by atoms with E-state index < -0.39 is 23.6 Å². The van der Waals surface area contributed by atoms with Crippen LogP contribution in [0.4, 0.5) is 33.7 Å². The van der Waals surface area contributed by atoms with Crippen molar-refractivity contribution >= 4 is 45.4 Å². The molecule has 2 amide bonds.